The molecule has 0 radical (unpaired) electrons. The zero-order chi connectivity index (χ0) is 21.3. The third-order valence-corrected chi connectivity index (χ3v) is 5.70. The van der Waals surface area contributed by atoms with Crippen molar-refractivity contribution in [2.24, 2.45) is 0 Å². The summed E-state index contributed by atoms with van der Waals surface area (Å²) in [6.07, 6.45) is 6.36. The zero-order valence-electron chi connectivity index (χ0n) is 16.2. The molecule has 0 spiro atoms. The van der Waals surface area contributed by atoms with E-state index in [1.807, 2.05) is 0 Å². The number of anilines is 1. The minimum Gasteiger partial charge on any atom is -0.356 e. The molecule has 3 aromatic heterocycles. The van der Waals surface area contributed by atoms with Gasteiger partial charge in [-0.2, -0.15) is 0 Å². The van der Waals surface area contributed by atoms with E-state index in [-0.39, 0.29) is 11.7 Å². The van der Waals surface area contributed by atoms with Crippen molar-refractivity contribution in [1.82, 2.24) is 29.1 Å². The lowest BCUT2D eigenvalue weighted by atomic mass is 10.1. The topological polar surface area (TPSA) is 105 Å². The largest absolute Gasteiger partial charge is 0.356 e. The number of rotatable bonds is 5. The Labute approximate surface area is 172 Å². The van der Waals surface area contributed by atoms with Gasteiger partial charge in [0, 0.05) is 31.5 Å². The number of hydrogen-bond donors (Lipinski definition) is 1. The number of imidazole rings is 1. The maximum Gasteiger partial charge on any atom is 0.281 e. The minimum absolute atomic E-state index is 0.106. The van der Waals surface area contributed by atoms with E-state index in [9.17, 15) is 17.2 Å². The first-order chi connectivity index (χ1) is 14.3. The molecule has 1 unspecified atom stereocenters. The number of halogens is 2. The molecule has 1 N–H and O–H groups in total. The lowest BCUT2D eigenvalue weighted by Gasteiger charge is -2.22. The molecule has 1 aliphatic heterocycles. The Morgan fingerprint density at radius 3 is 2.77 bits per heavy atom. The van der Waals surface area contributed by atoms with Crippen LogP contribution in [0.2, 0.25) is 0 Å². The molecule has 4 heterocycles. The van der Waals surface area contributed by atoms with Crippen molar-refractivity contribution in [2.45, 2.75) is 31.7 Å². The van der Waals surface area contributed by atoms with Crippen LogP contribution < -0.4 is 9.62 Å². The van der Waals surface area contributed by atoms with Crippen LogP contribution in [0.3, 0.4) is 0 Å². The van der Waals surface area contributed by atoms with Crippen LogP contribution in [0.1, 0.15) is 31.4 Å². The van der Waals surface area contributed by atoms with E-state index in [1.165, 1.54) is 23.0 Å². The summed E-state index contributed by atoms with van der Waals surface area (Å²) in [5, 5.41) is 0. The molecule has 0 aliphatic carbocycles. The Balaban J connectivity index is 1.59. The van der Waals surface area contributed by atoms with Crippen molar-refractivity contribution in [3.63, 3.8) is 0 Å². The lowest BCUT2D eigenvalue weighted by Crippen LogP contribution is -2.35. The molecule has 1 aliphatic rings. The van der Waals surface area contributed by atoms with Crippen LogP contribution in [-0.4, -0.2) is 58.1 Å². The van der Waals surface area contributed by atoms with Gasteiger partial charge in [0.1, 0.15) is 17.2 Å². The summed E-state index contributed by atoms with van der Waals surface area (Å²) in [4.78, 5) is 18.9. The summed E-state index contributed by atoms with van der Waals surface area (Å²) in [5.74, 6) is 1.06. The van der Waals surface area contributed by atoms with Gasteiger partial charge in [-0.05, 0) is 25.3 Å². The van der Waals surface area contributed by atoms with E-state index in [0.29, 0.717) is 35.9 Å². The first-order valence-electron chi connectivity index (χ1n) is 9.47. The van der Waals surface area contributed by atoms with Crippen LogP contribution >= 0.6 is 0 Å². The van der Waals surface area contributed by atoms with E-state index in [4.69, 9.17) is 0 Å². The van der Waals surface area contributed by atoms with Gasteiger partial charge in [-0.1, -0.05) is 0 Å². The summed E-state index contributed by atoms with van der Waals surface area (Å²) < 4.78 is 53.3. The molecule has 12 heteroatoms. The molecule has 0 aromatic carbocycles. The standard InChI is InChI=1S/C18H21F2N7O2S/c1-30(28,29)25-12-3-2-7-26(8-5-12)15-4-6-21-18(24-15)14-9-23-16-10-22-13(17(19)20)11-27(14)16/h4,6,9-12,17,25H,2-3,5,7-8H2,1H3. The number of alkyl halides is 2. The number of hydrogen-bond acceptors (Lipinski definition) is 7. The Bertz CT molecular complexity index is 1150. The van der Waals surface area contributed by atoms with Gasteiger partial charge >= 0.3 is 0 Å². The van der Waals surface area contributed by atoms with Gasteiger partial charge in [0.15, 0.2) is 11.5 Å². The van der Waals surface area contributed by atoms with Crippen LogP contribution in [-0.2, 0) is 10.0 Å². The van der Waals surface area contributed by atoms with Crippen molar-refractivity contribution >= 4 is 21.5 Å². The van der Waals surface area contributed by atoms with Crippen LogP contribution in [0.25, 0.3) is 17.2 Å². The molecule has 30 heavy (non-hydrogen) atoms. The average Bonchev–Trinajstić information content (AvgIpc) is 2.99. The summed E-state index contributed by atoms with van der Waals surface area (Å²) in [5.41, 5.74) is 0.560. The number of nitrogens with one attached hydrogen (secondary N) is 1. The number of nitrogens with zero attached hydrogens (tertiary/aromatic N) is 6. The summed E-state index contributed by atoms with van der Waals surface area (Å²) in [6, 6.07) is 1.67. The van der Waals surface area contributed by atoms with Gasteiger partial charge in [-0.15, -0.1) is 0 Å². The lowest BCUT2D eigenvalue weighted by molar-refractivity contribution is 0.145. The summed E-state index contributed by atoms with van der Waals surface area (Å²) >= 11 is 0. The van der Waals surface area contributed by atoms with Gasteiger partial charge in [0.05, 0.1) is 18.6 Å². The predicted octanol–water partition coefficient (Wildman–Crippen LogP) is 2.03. The number of aromatic nitrogens is 5. The van der Waals surface area contributed by atoms with Crippen molar-refractivity contribution in [1.29, 1.82) is 0 Å². The maximum absolute atomic E-state index is 13.0. The molecular formula is C18H21F2N7O2S. The highest BCUT2D eigenvalue weighted by atomic mass is 32.2. The van der Waals surface area contributed by atoms with Crippen LogP contribution in [0.15, 0.2) is 30.9 Å². The van der Waals surface area contributed by atoms with Crippen molar-refractivity contribution in [3.8, 4) is 11.5 Å². The monoisotopic (exact) mass is 437 g/mol. The summed E-state index contributed by atoms with van der Waals surface area (Å²) in [6.45, 7) is 1.36. The number of sulfonamides is 1. The van der Waals surface area contributed by atoms with Crippen LogP contribution in [0.4, 0.5) is 14.6 Å². The molecule has 0 bridgehead atoms. The highest BCUT2D eigenvalue weighted by molar-refractivity contribution is 7.88. The first-order valence-corrected chi connectivity index (χ1v) is 11.4. The Hall–Kier alpha value is -2.73. The fourth-order valence-electron chi connectivity index (χ4n) is 3.58. The van der Waals surface area contributed by atoms with Gasteiger partial charge in [0.25, 0.3) is 6.43 Å². The Kier molecular flexibility index (Phi) is 5.60. The van der Waals surface area contributed by atoms with Crippen molar-refractivity contribution < 1.29 is 17.2 Å². The average molecular weight is 437 g/mol. The molecule has 1 saturated heterocycles. The van der Waals surface area contributed by atoms with Crippen LogP contribution in [0.5, 0.6) is 0 Å². The second-order valence-electron chi connectivity index (χ2n) is 7.23. The fraction of sp³-hybridized carbons (Fsp3) is 0.444. The van der Waals surface area contributed by atoms with Crippen LogP contribution in [0, 0.1) is 0 Å². The van der Waals surface area contributed by atoms with Gasteiger partial charge in [-0.25, -0.2) is 41.9 Å². The minimum atomic E-state index is -3.25. The van der Waals surface area contributed by atoms with Crippen molar-refractivity contribution in [3.05, 3.63) is 36.5 Å². The third kappa shape index (κ3) is 4.54. The molecule has 9 nitrogen and oxygen atoms in total. The number of fused-ring (bicyclic) bond motifs is 1. The fourth-order valence-corrected chi connectivity index (χ4v) is 4.42. The second-order valence-corrected chi connectivity index (χ2v) is 9.01. The first kappa shape index (κ1) is 20.5. The molecule has 3 aromatic rings. The second kappa shape index (κ2) is 8.19. The van der Waals surface area contributed by atoms with Gasteiger partial charge in [-0.3, -0.25) is 4.40 Å². The summed E-state index contributed by atoms with van der Waals surface area (Å²) in [7, 11) is -3.25. The van der Waals surface area contributed by atoms with E-state index in [0.717, 1.165) is 25.6 Å². The quantitative estimate of drug-likeness (QED) is 0.651. The molecule has 1 atom stereocenters. The van der Waals surface area contributed by atoms with Gasteiger partial charge < -0.3 is 4.90 Å². The highest BCUT2D eigenvalue weighted by Gasteiger charge is 2.21. The zero-order valence-corrected chi connectivity index (χ0v) is 17.1. The highest BCUT2D eigenvalue weighted by Crippen LogP contribution is 2.24. The molecule has 4 rings (SSSR count). The van der Waals surface area contributed by atoms with E-state index in [2.05, 4.69) is 29.6 Å². The smallest absolute Gasteiger partial charge is 0.281 e. The molecular weight excluding hydrogens is 416 g/mol. The molecule has 0 saturated carbocycles. The third-order valence-electron chi connectivity index (χ3n) is 4.94. The Morgan fingerprint density at radius 2 is 2.00 bits per heavy atom. The normalized spacial score (nSPS) is 18.1. The Morgan fingerprint density at radius 1 is 1.17 bits per heavy atom. The van der Waals surface area contributed by atoms with Crippen molar-refractivity contribution in [2.75, 3.05) is 24.2 Å². The predicted molar refractivity (Wildman–Crippen MR) is 107 cm³/mol. The van der Waals surface area contributed by atoms with E-state index < -0.39 is 16.4 Å². The van der Waals surface area contributed by atoms with E-state index in [1.54, 1.807) is 12.3 Å². The maximum atomic E-state index is 13.0. The van der Waals surface area contributed by atoms with Gasteiger partial charge in [0.2, 0.25) is 10.0 Å². The molecule has 160 valence electrons. The SMILES string of the molecule is CS(=O)(=O)NC1CCCN(c2ccnc(-c3cnc4cnc(C(F)F)cn34)n2)CC1. The molecule has 1 fully saturated rings. The molecule has 0 amide bonds. The van der Waals surface area contributed by atoms with E-state index >= 15 is 0 Å².